The summed E-state index contributed by atoms with van der Waals surface area (Å²) >= 11 is 0. The maximum absolute atomic E-state index is 12.1. The SMILES string of the molecule is COCCCOc1cc2c(cc1OC)-c1cc(=O)c(C(=O)O)cn1CO2. The van der Waals surface area contributed by atoms with Crippen molar-refractivity contribution >= 4 is 5.97 Å². The van der Waals surface area contributed by atoms with Crippen molar-refractivity contribution in [3.8, 4) is 28.5 Å². The van der Waals surface area contributed by atoms with E-state index >= 15 is 0 Å². The van der Waals surface area contributed by atoms with Crippen LogP contribution in [0.1, 0.15) is 16.8 Å². The number of ether oxygens (including phenoxy) is 4. The fourth-order valence-electron chi connectivity index (χ4n) is 2.73. The molecule has 26 heavy (non-hydrogen) atoms. The van der Waals surface area contributed by atoms with Crippen LogP contribution in [0, 0.1) is 0 Å². The molecule has 1 aliphatic heterocycles. The molecule has 1 aliphatic rings. The Morgan fingerprint density at radius 2 is 2.04 bits per heavy atom. The van der Waals surface area contributed by atoms with Crippen LogP contribution in [-0.4, -0.2) is 43.1 Å². The standard InChI is InChI=1S/C18H19NO7/c1-23-4-3-5-25-17-8-15-11(6-16(17)24-2)13-7-14(20)12(18(21)22)9-19(13)10-26-15/h6-9H,3-5,10H2,1-2H3,(H,21,22). The van der Waals surface area contributed by atoms with Gasteiger partial charge in [0.25, 0.3) is 0 Å². The molecule has 2 aromatic rings. The van der Waals surface area contributed by atoms with E-state index in [0.29, 0.717) is 41.7 Å². The second kappa shape index (κ2) is 7.49. The Kier molecular flexibility index (Phi) is 5.13. The average molecular weight is 361 g/mol. The summed E-state index contributed by atoms with van der Waals surface area (Å²) in [6.45, 7) is 1.14. The van der Waals surface area contributed by atoms with Gasteiger partial charge in [0.1, 0.15) is 11.3 Å². The van der Waals surface area contributed by atoms with Crippen molar-refractivity contribution in [1.29, 1.82) is 0 Å². The van der Waals surface area contributed by atoms with Crippen LogP contribution in [0.3, 0.4) is 0 Å². The number of rotatable bonds is 7. The van der Waals surface area contributed by atoms with Gasteiger partial charge in [0.2, 0.25) is 0 Å². The molecule has 0 radical (unpaired) electrons. The summed E-state index contributed by atoms with van der Waals surface area (Å²) < 4.78 is 23.4. The summed E-state index contributed by atoms with van der Waals surface area (Å²) in [4.78, 5) is 23.2. The molecule has 8 nitrogen and oxygen atoms in total. The number of carboxylic acids is 1. The number of aromatic nitrogens is 1. The zero-order chi connectivity index (χ0) is 18.7. The van der Waals surface area contributed by atoms with Crippen molar-refractivity contribution in [1.82, 2.24) is 4.57 Å². The van der Waals surface area contributed by atoms with Crippen molar-refractivity contribution in [2.45, 2.75) is 13.2 Å². The van der Waals surface area contributed by atoms with Gasteiger partial charge in [-0.25, -0.2) is 4.79 Å². The Bertz CT molecular complexity index is 888. The minimum absolute atomic E-state index is 0.0956. The number of pyridine rings is 1. The number of aromatic carboxylic acids is 1. The highest BCUT2D eigenvalue weighted by molar-refractivity contribution is 5.88. The zero-order valence-electron chi connectivity index (χ0n) is 14.5. The van der Waals surface area contributed by atoms with E-state index in [2.05, 4.69) is 0 Å². The van der Waals surface area contributed by atoms with Gasteiger partial charge in [0, 0.05) is 44.0 Å². The number of fused-ring (bicyclic) bond motifs is 3. The van der Waals surface area contributed by atoms with Crippen LogP contribution in [0.15, 0.2) is 29.2 Å². The maximum Gasteiger partial charge on any atom is 0.341 e. The first kappa shape index (κ1) is 17.8. The van der Waals surface area contributed by atoms with Gasteiger partial charge in [-0.05, 0) is 6.07 Å². The molecule has 0 spiro atoms. The van der Waals surface area contributed by atoms with Crippen LogP contribution >= 0.6 is 0 Å². The van der Waals surface area contributed by atoms with Gasteiger partial charge in [0.15, 0.2) is 23.7 Å². The second-order valence-corrected chi connectivity index (χ2v) is 5.68. The van der Waals surface area contributed by atoms with E-state index in [1.165, 1.54) is 19.4 Å². The molecule has 138 valence electrons. The second-order valence-electron chi connectivity index (χ2n) is 5.68. The molecule has 1 aromatic heterocycles. The number of methoxy groups -OCH3 is 2. The molecule has 0 unspecified atom stereocenters. The van der Waals surface area contributed by atoms with Crippen LogP contribution in [0.5, 0.6) is 17.2 Å². The molecule has 0 atom stereocenters. The third-order valence-electron chi connectivity index (χ3n) is 4.01. The van der Waals surface area contributed by atoms with E-state index < -0.39 is 11.4 Å². The van der Waals surface area contributed by atoms with E-state index in [4.69, 9.17) is 24.1 Å². The maximum atomic E-state index is 12.1. The van der Waals surface area contributed by atoms with E-state index in [-0.39, 0.29) is 12.3 Å². The smallest absolute Gasteiger partial charge is 0.341 e. The van der Waals surface area contributed by atoms with E-state index in [1.54, 1.807) is 23.8 Å². The van der Waals surface area contributed by atoms with Gasteiger partial charge in [-0.3, -0.25) is 4.79 Å². The molecule has 0 fully saturated rings. The monoisotopic (exact) mass is 361 g/mol. The summed E-state index contributed by atoms with van der Waals surface area (Å²) in [7, 11) is 3.15. The quantitative estimate of drug-likeness (QED) is 0.753. The largest absolute Gasteiger partial charge is 0.493 e. The van der Waals surface area contributed by atoms with E-state index in [1.807, 2.05) is 0 Å². The molecule has 0 aliphatic carbocycles. The van der Waals surface area contributed by atoms with Crippen molar-refractivity contribution in [2.75, 3.05) is 27.4 Å². The van der Waals surface area contributed by atoms with Crippen molar-refractivity contribution in [2.24, 2.45) is 0 Å². The fraction of sp³-hybridized carbons (Fsp3) is 0.333. The normalized spacial score (nSPS) is 11.9. The molecule has 3 rings (SSSR count). The Balaban J connectivity index is 1.99. The molecule has 1 aromatic carbocycles. The van der Waals surface area contributed by atoms with Gasteiger partial charge in [0.05, 0.1) is 19.4 Å². The third kappa shape index (κ3) is 3.36. The first-order chi connectivity index (χ1) is 12.5. The molecule has 0 amide bonds. The predicted molar refractivity (Wildman–Crippen MR) is 92.3 cm³/mol. The van der Waals surface area contributed by atoms with E-state index in [0.717, 1.165) is 6.42 Å². The highest BCUT2D eigenvalue weighted by Crippen LogP contribution is 2.42. The van der Waals surface area contributed by atoms with E-state index in [9.17, 15) is 9.59 Å². The highest BCUT2D eigenvalue weighted by Gasteiger charge is 2.23. The Morgan fingerprint density at radius 3 is 2.73 bits per heavy atom. The molecule has 0 saturated carbocycles. The van der Waals surface area contributed by atoms with Crippen molar-refractivity contribution in [3.05, 3.63) is 40.2 Å². The molecule has 0 saturated heterocycles. The first-order valence-electron chi connectivity index (χ1n) is 8.00. The topological polar surface area (TPSA) is 96.2 Å². The van der Waals surface area contributed by atoms with Crippen LogP contribution in [0.4, 0.5) is 0 Å². The summed E-state index contributed by atoms with van der Waals surface area (Å²) in [6.07, 6.45) is 2.01. The molecular weight excluding hydrogens is 342 g/mol. The lowest BCUT2D eigenvalue weighted by atomic mass is 10.1. The number of hydrogen-bond acceptors (Lipinski definition) is 6. The Hall–Kier alpha value is -3.00. The predicted octanol–water partition coefficient (Wildman–Crippen LogP) is 1.99. The lowest BCUT2D eigenvalue weighted by molar-refractivity contribution is 0.0694. The fourth-order valence-corrected chi connectivity index (χ4v) is 2.73. The minimum Gasteiger partial charge on any atom is -0.493 e. The van der Waals surface area contributed by atoms with Crippen LogP contribution < -0.4 is 19.6 Å². The van der Waals surface area contributed by atoms with Crippen molar-refractivity contribution < 1.29 is 28.8 Å². The Morgan fingerprint density at radius 1 is 1.23 bits per heavy atom. The number of carboxylic acid groups (broad SMARTS) is 1. The summed E-state index contributed by atoms with van der Waals surface area (Å²) in [6, 6.07) is 4.72. The first-order valence-corrected chi connectivity index (χ1v) is 8.00. The van der Waals surface area contributed by atoms with Crippen LogP contribution in [-0.2, 0) is 11.5 Å². The zero-order valence-corrected chi connectivity index (χ0v) is 14.5. The molecule has 2 heterocycles. The number of nitrogens with zero attached hydrogens (tertiary/aromatic N) is 1. The molecule has 0 bridgehead atoms. The van der Waals surface area contributed by atoms with Gasteiger partial charge in [-0.15, -0.1) is 0 Å². The minimum atomic E-state index is -1.27. The van der Waals surface area contributed by atoms with Gasteiger partial charge >= 0.3 is 5.97 Å². The molecule has 8 heteroatoms. The lowest BCUT2D eigenvalue weighted by Gasteiger charge is -2.24. The van der Waals surface area contributed by atoms with Crippen LogP contribution in [0.2, 0.25) is 0 Å². The summed E-state index contributed by atoms with van der Waals surface area (Å²) in [5.41, 5.74) is 0.332. The summed E-state index contributed by atoms with van der Waals surface area (Å²) in [5, 5.41) is 9.10. The Labute approximate surface area is 149 Å². The van der Waals surface area contributed by atoms with Crippen molar-refractivity contribution in [3.63, 3.8) is 0 Å². The lowest BCUT2D eigenvalue weighted by Crippen LogP contribution is -2.22. The summed E-state index contributed by atoms with van der Waals surface area (Å²) in [5.74, 6) is 0.289. The third-order valence-corrected chi connectivity index (χ3v) is 4.01. The highest BCUT2D eigenvalue weighted by atomic mass is 16.5. The number of benzene rings is 1. The van der Waals surface area contributed by atoms with Crippen LogP contribution in [0.25, 0.3) is 11.3 Å². The number of carbonyl (C=O) groups is 1. The molecule has 1 N–H and O–H groups in total. The van der Waals surface area contributed by atoms with Gasteiger partial charge < -0.3 is 28.6 Å². The average Bonchev–Trinajstić information content (AvgIpc) is 2.63. The van der Waals surface area contributed by atoms with Gasteiger partial charge in [-0.2, -0.15) is 0 Å². The van der Waals surface area contributed by atoms with Gasteiger partial charge in [-0.1, -0.05) is 0 Å². The number of hydrogen-bond donors (Lipinski definition) is 1. The molecular formula is C18H19NO7.